The average molecular weight is 211 g/mol. The van der Waals surface area contributed by atoms with E-state index in [4.69, 9.17) is 4.74 Å². The van der Waals surface area contributed by atoms with Gasteiger partial charge in [0, 0.05) is 4.92 Å². The van der Waals surface area contributed by atoms with Crippen molar-refractivity contribution in [2.45, 2.75) is 38.1 Å². The highest BCUT2D eigenvalue weighted by Crippen LogP contribution is 2.95. The maximum Gasteiger partial charge on any atom is 0.386 e. The topological polar surface area (TPSA) is 69.4 Å². The highest BCUT2D eigenvalue weighted by Gasteiger charge is 3.07. The maximum absolute atomic E-state index is 11.8. The van der Waals surface area contributed by atoms with Crippen LogP contribution in [-0.4, -0.2) is 23.0 Å². The van der Waals surface area contributed by atoms with E-state index in [1.165, 1.54) is 0 Å². The Bertz CT molecular complexity index is 350. The van der Waals surface area contributed by atoms with Gasteiger partial charge in [-0.2, -0.15) is 0 Å². The second-order valence-electron chi connectivity index (χ2n) is 4.85. The molecule has 0 heterocycles. The highest BCUT2D eigenvalue weighted by molar-refractivity contribution is 5.90. The SMILES string of the molecule is CCOC(=O)C1([N+](=O)[O-])C2(CC2)C12CC2. The minimum absolute atomic E-state index is 0.223. The van der Waals surface area contributed by atoms with Crippen molar-refractivity contribution in [3.63, 3.8) is 0 Å². The summed E-state index contributed by atoms with van der Waals surface area (Å²) in [4.78, 5) is 22.7. The Morgan fingerprint density at radius 1 is 1.33 bits per heavy atom. The van der Waals surface area contributed by atoms with E-state index in [2.05, 4.69) is 0 Å². The molecule has 3 aliphatic carbocycles. The Kier molecular flexibility index (Phi) is 1.32. The molecule has 5 nitrogen and oxygen atoms in total. The molecule has 3 aliphatic rings. The van der Waals surface area contributed by atoms with Crippen molar-refractivity contribution in [2.75, 3.05) is 6.61 Å². The van der Waals surface area contributed by atoms with Gasteiger partial charge < -0.3 is 4.74 Å². The van der Waals surface area contributed by atoms with Gasteiger partial charge in [-0.25, -0.2) is 4.79 Å². The van der Waals surface area contributed by atoms with Crippen molar-refractivity contribution < 1.29 is 14.5 Å². The lowest BCUT2D eigenvalue weighted by molar-refractivity contribution is -0.535. The van der Waals surface area contributed by atoms with Gasteiger partial charge in [0.15, 0.2) is 0 Å². The molecular formula is C10H13NO4. The minimum Gasteiger partial charge on any atom is -0.461 e. The van der Waals surface area contributed by atoms with Gasteiger partial charge in [-0.1, -0.05) is 0 Å². The second kappa shape index (κ2) is 2.18. The molecule has 0 unspecified atom stereocenters. The number of hydrogen-bond acceptors (Lipinski definition) is 4. The van der Waals surface area contributed by atoms with Crippen LogP contribution in [0.4, 0.5) is 0 Å². The number of carbonyl (C=O) groups is 1. The lowest BCUT2D eigenvalue weighted by atomic mass is 10.2. The summed E-state index contributed by atoms with van der Waals surface area (Å²) in [6.45, 7) is 1.91. The number of carbonyl (C=O) groups excluding carboxylic acids is 1. The van der Waals surface area contributed by atoms with Gasteiger partial charge in [0.25, 0.3) is 0 Å². The molecule has 0 saturated heterocycles. The van der Waals surface area contributed by atoms with E-state index < -0.39 is 11.5 Å². The average Bonchev–Trinajstić information content (AvgIpc) is 2.98. The standard InChI is InChI=1S/C10H13NO4/c1-2-15-7(12)10(11(13)14)8(3-4-8)9(10)5-6-9/h2-6H2,1H3. The van der Waals surface area contributed by atoms with Gasteiger partial charge >= 0.3 is 11.5 Å². The fraction of sp³-hybridized carbons (Fsp3) is 0.900. The molecular weight excluding hydrogens is 198 g/mol. The van der Waals surface area contributed by atoms with Crippen LogP contribution in [0.25, 0.3) is 0 Å². The first-order chi connectivity index (χ1) is 7.09. The van der Waals surface area contributed by atoms with Crippen LogP contribution in [0.15, 0.2) is 0 Å². The smallest absolute Gasteiger partial charge is 0.386 e. The van der Waals surface area contributed by atoms with E-state index >= 15 is 0 Å². The molecule has 0 N–H and O–H groups in total. The van der Waals surface area contributed by atoms with Gasteiger partial charge in [0.1, 0.15) is 0 Å². The van der Waals surface area contributed by atoms with Gasteiger partial charge in [-0.05, 0) is 32.6 Å². The number of hydrogen-bond donors (Lipinski definition) is 0. The summed E-state index contributed by atoms with van der Waals surface area (Å²) in [6.07, 6.45) is 3.30. The van der Waals surface area contributed by atoms with Crippen LogP contribution in [0.3, 0.4) is 0 Å². The summed E-state index contributed by atoms with van der Waals surface area (Å²) in [5.74, 6) is -0.593. The van der Waals surface area contributed by atoms with Crippen LogP contribution >= 0.6 is 0 Å². The molecule has 3 saturated carbocycles. The third-order valence-corrected chi connectivity index (χ3v) is 4.58. The second-order valence-corrected chi connectivity index (χ2v) is 4.85. The predicted octanol–water partition coefficient (Wildman–Crippen LogP) is 1.14. The first-order valence-electron chi connectivity index (χ1n) is 5.41. The summed E-state index contributed by atoms with van der Waals surface area (Å²) < 4.78 is 4.90. The zero-order valence-corrected chi connectivity index (χ0v) is 8.62. The van der Waals surface area contributed by atoms with Crippen LogP contribution in [0.2, 0.25) is 0 Å². The fourth-order valence-electron chi connectivity index (χ4n) is 3.80. The van der Waals surface area contributed by atoms with E-state index in [9.17, 15) is 14.9 Å². The molecule has 82 valence electrons. The number of rotatable bonds is 3. The number of ether oxygens (including phenoxy) is 1. The zero-order valence-electron chi connectivity index (χ0n) is 8.62. The van der Waals surface area contributed by atoms with Crippen molar-refractivity contribution in [1.29, 1.82) is 0 Å². The molecule has 15 heavy (non-hydrogen) atoms. The van der Waals surface area contributed by atoms with E-state index in [1.54, 1.807) is 6.92 Å². The maximum atomic E-state index is 11.8. The Morgan fingerprint density at radius 3 is 2.07 bits per heavy atom. The predicted molar refractivity (Wildman–Crippen MR) is 49.7 cm³/mol. The van der Waals surface area contributed by atoms with E-state index in [1.807, 2.05) is 0 Å². The van der Waals surface area contributed by atoms with E-state index in [0.717, 1.165) is 25.7 Å². The quantitative estimate of drug-likeness (QED) is 0.398. The third kappa shape index (κ3) is 0.637. The summed E-state index contributed by atoms with van der Waals surface area (Å²) in [5.41, 5.74) is -1.98. The van der Waals surface area contributed by atoms with Crippen LogP contribution in [0.1, 0.15) is 32.6 Å². The van der Waals surface area contributed by atoms with Crippen LogP contribution < -0.4 is 0 Å². The van der Waals surface area contributed by atoms with Gasteiger partial charge in [0.2, 0.25) is 0 Å². The molecule has 3 rings (SSSR count). The first kappa shape index (κ1) is 9.12. The number of fused-ring (bicyclic) bond motifs is 1. The summed E-state index contributed by atoms with van der Waals surface area (Å²) in [5, 5.41) is 11.2. The van der Waals surface area contributed by atoms with Crippen molar-refractivity contribution in [2.24, 2.45) is 10.8 Å². The summed E-state index contributed by atoms with van der Waals surface area (Å²) >= 11 is 0. The van der Waals surface area contributed by atoms with Gasteiger partial charge in [-0.3, -0.25) is 10.1 Å². The molecule has 0 amide bonds. The van der Waals surface area contributed by atoms with E-state index in [-0.39, 0.29) is 22.4 Å². The van der Waals surface area contributed by atoms with Crippen molar-refractivity contribution in [1.82, 2.24) is 0 Å². The molecule has 5 heteroatoms. The molecule has 0 atom stereocenters. The van der Waals surface area contributed by atoms with E-state index in [0.29, 0.717) is 0 Å². The number of nitro groups is 1. The summed E-state index contributed by atoms with van der Waals surface area (Å²) in [6, 6.07) is 0. The third-order valence-electron chi connectivity index (χ3n) is 4.58. The van der Waals surface area contributed by atoms with Crippen molar-refractivity contribution >= 4 is 5.97 Å². The summed E-state index contributed by atoms with van der Waals surface area (Å²) in [7, 11) is 0. The normalized spacial score (nSPS) is 36.3. The molecule has 0 aromatic carbocycles. The number of nitrogens with zero attached hydrogens (tertiary/aromatic N) is 1. The monoisotopic (exact) mass is 211 g/mol. The lowest BCUT2D eigenvalue weighted by Gasteiger charge is -2.08. The van der Waals surface area contributed by atoms with Crippen LogP contribution in [-0.2, 0) is 9.53 Å². The zero-order chi connectivity index (χ0) is 10.9. The Labute approximate surface area is 86.9 Å². The first-order valence-corrected chi connectivity index (χ1v) is 5.41. The Morgan fingerprint density at radius 2 is 1.80 bits per heavy atom. The lowest BCUT2D eigenvalue weighted by Crippen LogP contribution is -2.38. The molecule has 0 radical (unpaired) electrons. The highest BCUT2D eigenvalue weighted by atomic mass is 16.6. The molecule has 0 bridgehead atoms. The Hall–Kier alpha value is -1.13. The van der Waals surface area contributed by atoms with Crippen LogP contribution in [0.5, 0.6) is 0 Å². The largest absolute Gasteiger partial charge is 0.461 e. The minimum atomic E-state index is -1.37. The fourth-order valence-corrected chi connectivity index (χ4v) is 3.80. The molecule has 3 fully saturated rings. The Balaban J connectivity index is 1.99. The number of esters is 1. The van der Waals surface area contributed by atoms with Crippen molar-refractivity contribution in [3.8, 4) is 0 Å². The molecule has 2 spiro atoms. The van der Waals surface area contributed by atoms with Gasteiger partial charge in [0.05, 0.1) is 17.4 Å². The molecule has 0 aromatic rings. The van der Waals surface area contributed by atoms with Crippen LogP contribution in [0, 0.1) is 20.9 Å². The molecule has 0 aromatic heterocycles. The molecule has 0 aliphatic heterocycles. The van der Waals surface area contributed by atoms with Crippen molar-refractivity contribution in [3.05, 3.63) is 10.1 Å². The van der Waals surface area contributed by atoms with Gasteiger partial charge in [-0.15, -0.1) is 0 Å².